The standard InChI is InChI=1S/C12H15NO3/c1-12(2,3)16-11(15)7-9-13-8-5-4-6-10(13)14/h4-9H,1-3H3/b9-7+. The molecule has 4 nitrogen and oxygen atoms in total. The molecule has 16 heavy (non-hydrogen) atoms. The topological polar surface area (TPSA) is 48.3 Å². The van der Waals surface area contributed by atoms with E-state index in [1.807, 2.05) is 0 Å². The summed E-state index contributed by atoms with van der Waals surface area (Å²) < 4.78 is 6.37. The minimum absolute atomic E-state index is 0.192. The first kappa shape index (κ1) is 12.2. The minimum Gasteiger partial charge on any atom is -0.457 e. The Hall–Kier alpha value is -1.84. The van der Waals surface area contributed by atoms with Gasteiger partial charge in [-0.3, -0.25) is 9.36 Å². The monoisotopic (exact) mass is 221 g/mol. The molecule has 1 heterocycles. The lowest BCUT2D eigenvalue weighted by Gasteiger charge is -2.17. The molecule has 1 rings (SSSR count). The Balaban J connectivity index is 2.72. The number of ether oxygens (including phenoxy) is 1. The number of pyridine rings is 1. The molecular formula is C12H15NO3. The minimum atomic E-state index is -0.525. The second-order valence-corrected chi connectivity index (χ2v) is 4.30. The molecule has 86 valence electrons. The number of hydrogen-bond acceptors (Lipinski definition) is 3. The van der Waals surface area contributed by atoms with Crippen LogP contribution in [-0.4, -0.2) is 16.1 Å². The smallest absolute Gasteiger partial charge is 0.332 e. The molecule has 0 bridgehead atoms. The molecule has 0 N–H and O–H groups in total. The van der Waals surface area contributed by atoms with Crippen LogP contribution < -0.4 is 5.56 Å². The Bertz CT molecular complexity index is 452. The molecule has 0 spiro atoms. The van der Waals surface area contributed by atoms with Gasteiger partial charge in [0.1, 0.15) is 5.60 Å². The van der Waals surface area contributed by atoms with Gasteiger partial charge in [0.05, 0.1) is 0 Å². The van der Waals surface area contributed by atoms with E-state index >= 15 is 0 Å². The van der Waals surface area contributed by atoms with Gasteiger partial charge in [0.15, 0.2) is 0 Å². The van der Waals surface area contributed by atoms with E-state index in [9.17, 15) is 9.59 Å². The summed E-state index contributed by atoms with van der Waals surface area (Å²) in [5.41, 5.74) is -0.717. The quantitative estimate of drug-likeness (QED) is 0.563. The average molecular weight is 221 g/mol. The third-order valence-electron chi connectivity index (χ3n) is 1.63. The van der Waals surface area contributed by atoms with Gasteiger partial charge in [-0.15, -0.1) is 0 Å². The van der Waals surface area contributed by atoms with Gasteiger partial charge in [-0.25, -0.2) is 4.79 Å². The van der Waals surface area contributed by atoms with Crippen molar-refractivity contribution in [2.24, 2.45) is 0 Å². The maximum atomic E-state index is 11.3. The second kappa shape index (κ2) is 4.79. The highest BCUT2D eigenvalue weighted by molar-refractivity contribution is 5.85. The zero-order chi connectivity index (χ0) is 12.2. The third kappa shape index (κ3) is 4.13. The van der Waals surface area contributed by atoms with Crippen LogP contribution in [0.15, 0.2) is 35.3 Å². The molecule has 0 saturated heterocycles. The lowest BCUT2D eigenvalue weighted by Crippen LogP contribution is -2.22. The number of carbonyl (C=O) groups excluding carboxylic acids is 1. The Kier molecular flexibility index (Phi) is 3.66. The van der Waals surface area contributed by atoms with Crippen LogP contribution in [0.3, 0.4) is 0 Å². The zero-order valence-corrected chi connectivity index (χ0v) is 9.64. The molecule has 1 aromatic rings. The summed E-state index contributed by atoms with van der Waals surface area (Å²) in [6.45, 7) is 5.36. The number of nitrogens with zero attached hydrogens (tertiary/aromatic N) is 1. The van der Waals surface area contributed by atoms with Gasteiger partial charge in [-0.05, 0) is 26.8 Å². The number of hydrogen-bond donors (Lipinski definition) is 0. The summed E-state index contributed by atoms with van der Waals surface area (Å²) in [6.07, 6.45) is 4.19. The van der Waals surface area contributed by atoms with Crippen molar-refractivity contribution in [3.63, 3.8) is 0 Å². The fraction of sp³-hybridized carbons (Fsp3) is 0.333. The molecule has 0 amide bonds. The molecule has 0 aliphatic rings. The predicted molar refractivity (Wildman–Crippen MR) is 61.9 cm³/mol. The van der Waals surface area contributed by atoms with Gasteiger partial charge in [0, 0.05) is 24.5 Å². The highest BCUT2D eigenvalue weighted by Crippen LogP contribution is 2.07. The predicted octanol–water partition coefficient (Wildman–Crippen LogP) is 1.66. The van der Waals surface area contributed by atoms with Crippen molar-refractivity contribution in [3.8, 4) is 0 Å². The van der Waals surface area contributed by atoms with Crippen LogP contribution in [0.5, 0.6) is 0 Å². The van der Waals surface area contributed by atoms with Crippen LogP contribution in [0, 0.1) is 0 Å². The fourth-order valence-electron chi connectivity index (χ4n) is 1.04. The highest BCUT2D eigenvalue weighted by Gasteiger charge is 2.13. The van der Waals surface area contributed by atoms with E-state index in [0.717, 1.165) is 0 Å². The summed E-state index contributed by atoms with van der Waals surface area (Å²) in [4.78, 5) is 22.6. The molecule has 0 saturated carbocycles. The maximum Gasteiger partial charge on any atom is 0.332 e. The summed E-state index contributed by atoms with van der Waals surface area (Å²) >= 11 is 0. The Labute approximate surface area is 94.2 Å². The third-order valence-corrected chi connectivity index (χ3v) is 1.63. The average Bonchev–Trinajstić information content (AvgIpc) is 2.14. The maximum absolute atomic E-state index is 11.3. The number of esters is 1. The zero-order valence-electron chi connectivity index (χ0n) is 9.64. The van der Waals surface area contributed by atoms with Crippen molar-refractivity contribution in [1.29, 1.82) is 0 Å². The SMILES string of the molecule is CC(C)(C)OC(=O)/C=C/n1ccccc1=O. The molecule has 0 aliphatic heterocycles. The summed E-state index contributed by atoms with van der Waals surface area (Å²) in [5, 5.41) is 0. The molecule has 1 aromatic heterocycles. The molecular weight excluding hydrogens is 206 g/mol. The number of carbonyl (C=O) groups is 1. The van der Waals surface area contributed by atoms with Gasteiger partial charge in [0.25, 0.3) is 5.56 Å². The van der Waals surface area contributed by atoms with E-state index in [1.54, 1.807) is 39.1 Å². The van der Waals surface area contributed by atoms with Gasteiger partial charge < -0.3 is 4.74 Å². The molecule has 0 unspecified atom stereocenters. The first-order valence-electron chi connectivity index (χ1n) is 4.97. The molecule has 0 radical (unpaired) electrons. The Morgan fingerprint density at radius 2 is 2.06 bits per heavy atom. The van der Waals surface area contributed by atoms with E-state index in [2.05, 4.69) is 0 Å². The first-order chi connectivity index (χ1) is 7.38. The Morgan fingerprint density at radius 1 is 1.38 bits per heavy atom. The Morgan fingerprint density at radius 3 is 2.62 bits per heavy atom. The summed E-state index contributed by atoms with van der Waals surface area (Å²) in [6, 6.07) is 4.76. The second-order valence-electron chi connectivity index (χ2n) is 4.30. The van der Waals surface area contributed by atoms with E-state index in [0.29, 0.717) is 0 Å². The van der Waals surface area contributed by atoms with E-state index in [-0.39, 0.29) is 5.56 Å². The lowest BCUT2D eigenvalue weighted by atomic mass is 10.2. The van der Waals surface area contributed by atoms with Crippen molar-refractivity contribution in [1.82, 2.24) is 4.57 Å². The normalized spacial score (nSPS) is 11.7. The van der Waals surface area contributed by atoms with Gasteiger partial charge in [0.2, 0.25) is 0 Å². The van der Waals surface area contributed by atoms with Crippen LogP contribution in [0.2, 0.25) is 0 Å². The van der Waals surface area contributed by atoms with Crippen LogP contribution in [0.4, 0.5) is 0 Å². The van der Waals surface area contributed by atoms with Crippen molar-refractivity contribution >= 4 is 12.2 Å². The molecule has 0 atom stereocenters. The lowest BCUT2D eigenvalue weighted by molar-refractivity contribution is -0.148. The van der Waals surface area contributed by atoms with Crippen molar-refractivity contribution in [2.75, 3.05) is 0 Å². The number of rotatable bonds is 2. The van der Waals surface area contributed by atoms with E-state index < -0.39 is 11.6 Å². The van der Waals surface area contributed by atoms with Crippen LogP contribution in [-0.2, 0) is 9.53 Å². The molecule has 0 fully saturated rings. The van der Waals surface area contributed by atoms with Crippen molar-refractivity contribution in [2.45, 2.75) is 26.4 Å². The summed E-state index contributed by atoms with van der Waals surface area (Å²) in [7, 11) is 0. The van der Waals surface area contributed by atoms with Crippen LogP contribution in [0.1, 0.15) is 20.8 Å². The van der Waals surface area contributed by atoms with Crippen molar-refractivity contribution < 1.29 is 9.53 Å². The fourth-order valence-corrected chi connectivity index (χ4v) is 1.04. The van der Waals surface area contributed by atoms with Gasteiger partial charge >= 0.3 is 5.97 Å². The van der Waals surface area contributed by atoms with Crippen LogP contribution >= 0.6 is 0 Å². The largest absolute Gasteiger partial charge is 0.457 e. The van der Waals surface area contributed by atoms with Crippen LogP contribution in [0.25, 0.3) is 6.20 Å². The van der Waals surface area contributed by atoms with Gasteiger partial charge in [-0.2, -0.15) is 0 Å². The van der Waals surface area contributed by atoms with Gasteiger partial charge in [-0.1, -0.05) is 6.07 Å². The van der Waals surface area contributed by atoms with Crippen molar-refractivity contribution in [3.05, 3.63) is 40.8 Å². The molecule has 0 aliphatic carbocycles. The first-order valence-corrected chi connectivity index (χ1v) is 4.97. The molecule has 4 heteroatoms. The highest BCUT2D eigenvalue weighted by atomic mass is 16.6. The van der Waals surface area contributed by atoms with E-state index in [4.69, 9.17) is 4.74 Å². The van der Waals surface area contributed by atoms with E-state index in [1.165, 1.54) is 22.9 Å². The molecule has 0 aromatic carbocycles. The summed E-state index contributed by atoms with van der Waals surface area (Å²) in [5.74, 6) is -0.469. The number of aromatic nitrogens is 1.